The fraction of sp³-hybridized carbons (Fsp3) is 0.421. The van der Waals surface area contributed by atoms with E-state index in [1.807, 2.05) is 0 Å². The number of nitrogens with zero attached hydrogens (tertiary/aromatic N) is 6. The second kappa shape index (κ2) is 23.4. The number of nitrogens with one attached hydrogen (secondary N) is 3. The fourth-order valence-electron chi connectivity index (χ4n) is 5.58. The average Bonchev–Trinajstić information content (AvgIpc) is 3.28. The lowest BCUT2D eigenvalue weighted by Gasteiger charge is -2.27. The molecule has 0 spiro atoms. The van der Waals surface area contributed by atoms with Crippen LogP contribution >= 0.6 is 11.6 Å². The number of morpholine rings is 2. The van der Waals surface area contributed by atoms with E-state index in [1.165, 1.54) is 32.3 Å². The molecule has 2 saturated heterocycles. The van der Waals surface area contributed by atoms with Crippen LogP contribution in [0.3, 0.4) is 0 Å². The van der Waals surface area contributed by atoms with Crippen LogP contribution in [0.2, 0.25) is 5.28 Å². The number of nitrogens with two attached hydrogens (primary N) is 1. The molecule has 0 bridgehead atoms. The highest BCUT2D eigenvalue weighted by atomic mass is 35.5. The summed E-state index contributed by atoms with van der Waals surface area (Å²) in [6.07, 6.45) is -7.79. The fourth-order valence-corrected chi connectivity index (χ4v) is 5.72. The van der Waals surface area contributed by atoms with Crippen molar-refractivity contribution in [2.45, 2.75) is 12.4 Å². The highest BCUT2D eigenvalue weighted by molar-refractivity contribution is 6.28. The molecule has 4 aromatic rings. The smallest absolute Gasteiger partial charge is 0.421 e. The number of nitrogen functional groups attached to an aromatic ring is 1. The topological polar surface area (TPSA) is 191 Å². The highest BCUT2D eigenvalue weighted by Crippen LogP contribution is 2.36. The van der Waals surface area contributed by atoms with Crippen molar-refractivity contribution in [2.75, 3.05) is 115 Å². The Labute approximate surface area is 360 Å². The first-order valence-electron chi connectivity index (χ1n) is 18.8. The standard InChI is InChI=1S/C19H21F4N5O3.C13H17FN2O3.C6H5ClF3N3/c1-24-16-13(19(21,22)23)11-25-18(27-16)26-14-3-2-12(10-15(14)31-7-4-20)17(29)28-5-8-30-9-6-28;14-3-6-19-12-9-10(1-2-11(12)15)13(17)16-4-7-18-8-5-16;1-11-4-3(6(8,9)10)2-12-5(7)13-4/h2-3,10-11H,4-9H2,1H3,(H2,24,25,26,27);1-2,9H,3-8,15H2;2H,1H3,(H,11,12,13). The molecular weight excluding hydrogens is 880 g/mol. The minimum Gasteiger partial charge on any atom is -0.489 e. The van der Waals surface area contributed by atoms with E-state index < -0.39 is 42.6 Å². The largest absolute Gasteiger partial charge is 0.489 e. The minimum absolute atomic E-state index is 0.0700. The summed E-state index contributed by atoms with van der Waals surface area (Å²) < 4.78 is 121. The van der Waals surface area contributed by atoms with Gasteiger partial charge < -0.3 is 50.4 Å². The first kappa shape index (κ1) is 49.6. The summed E-state index contributed by atoms with van der Waals surface area (Å²) >= 11 is 5.32. The molecule has 0 unspecified atom stereocenters. The predicted molar refractivity (Wildman–Crippen MR) is 215 cm³/mol. The highest BCUT2D eigenvalue weighted by Gasteiger charge is 2.36. The number of halogens is 9. The van der Waals surface area contributed by atoms with Gasteiger partial charge in [-0.3, -0.25) is 9.59 Å². The molecule has 2 aliphatic heterocycles. The molecule has 6 rings (SSSR count). The van der Waals surface area contributed by atoms with Gasteiger partial charge in [0.05, 0.1) is 37.8 Å². The molecule has 344 valence electrons. The molecule has 0 aliphatic carbocycles. The lowest BCUT2D eigenvalue weighted by molar-refractivity contribution is -0.138. The Hall–Kier alpha value is -6.01. The van der Waals surface area contributed by atoms with Gasteiger partial charge in [-0.1, -0.05) is 0 Å². The Kier molecular flexibility index (Phi) is 18.5. The summed E-state index contributed by atoms with van der Waals surface area (Å²) in [5, 5.41) is 7.21. The number of alkyl halides is 8. The van der Waals surface area contributed by atoms with Crippen molar-refractivity contribution in [1.29, 1.82) is 0 Å². The van der Waals surface area contributed by atoms with Crippen LogP contribution in [0.15, 0.2) is 48.8 Å². The quantitative estimate of drug-likeness (QED) is 0.0696. The third-order valence-electron chi connectivity index (χ3n) is 8.63. The number of hydrogen-bond acceptors (Lipinski definition) is 14. The molecule has 25 heteroatoms. The third-order valence-corrected chi connectivity index (χ3v) is 8.82. The van der Waals surface area contributed by atoms with Crippen LogP contribution in [0.1, 0.15) is 31.8 Å². The summed E-state index contributed by atoms with van der Waals surface area (Å²) in [6, 6.07) is 9.28. The maximum absolute atomic E-state index is 13.0. The van der Waals surface area contributed by atoms with Crippen molar-refractivity contribution >= 4 is 52.4 Å². The number of ether oxygens (including phenoxy) is 4. The van der Waals surface area contributed by atoms with Crippen LogP contribution in [0.5, 0.6) is 11.5 Å². The van der Waals surface area contributed by atoms with Gasteiger partial charge in [-0.2, -0.15) is 31.3 Å². The molecule has 0 atom stereocenters. The number of rotatable bonds is 12. The van der Waals surface area contributed by atoms with Gasteiger partial charge in [0.15, 0.2) is 0 Å². The Morgan fingerprint density at radius 2 is 1.19 bits per heavy atom. The van der Waals surface area contributed by atoms with E-state index in [0.717, 1.165) is 0 Å². The third kappa shape index (κ3) is 14.5. The second-order valence-electron chi connectivity index (χ2n) is 12.8. The Morgan fingerprint density at radius 1 is 0.730 bits per heavy atom. The Morgan fingerprint density at radius 3 is 1.68 bits per heavy atom. The number of carbonyl (C=O) groups is 2. The van der Waals surface area contributed by atoms with Crippen molar-refractivity contribution in [3.8, 4) is 11.5 Å². The Bertz CT molecular complexity index is 2130. The van der Waals surface area contributed by atoms with E-state index in [-0.39, 0.29) is 53.5 Å². The predicted octanol–water partition coefficient (Wildman–Crippen LogP) is 6.38. The summed E-state index contributed by atoms with van der Waals surface area (Å²) in [5.74, 6) is -0.697. The molecule has 2 aromatic carbocycles. The van der Waals surface area contributed by atoms with Gasteiger partial charge in [-0.05, 0) is 48.0 Å². The minimum atomic E-state index is -4.62. The number of amides is 2. The van der Waals surface area contributed by atoms with Gasteiger partial charge in [0.25, 0.3) is 11.8 Å². The zero-order valence-corrected chi connectivity index (χ0v) is 34.5. The number of carbonyl (C=O) groups excluding carboxylic acids is 2. The van der Waals surface area contributed by atoms with Gasteiger partial charge >= 0.3 is 12.4 Å². The average molecular weight is 923 g/mol. The van der Waals surface area contributed by atoms with Gasteiger partial charge in [0, 0.05) is 63.8 Å². The first-order valence-corrected chi connectivity index (χ1v) is 19.2. The maximum Gasteiger partial charge on any atom is 0.421 e. The molecular formula is C38H43ClF8N10O6. The molecule has 2 aromatic heterocycles. The van der Waals surface area contributed by atoms with Crippen molar-refractivity contribution in [1.82, 2.24) is 29.7 Å². The lowest BCUT2D eigenvalue weighted by atomic mass is 10.1. The van der Waals surface area contributed by atoms with Gasteiger partial charge in [-0.15, -0.1) is 0 Å². The van der Waals surface area contributed by atoms with E-state index >= 15 is 0 Å². The van der Waals surface area contributed by atoms with Crippen molar-refractivity contribution in [2.24, 2.45) is 0 Å². The monoisotopic (exact) mass is 922 g/mol. The summed E-state index contributed by atoms with van der Waals surface area (Å²) in [7, 11) is 2.64. The zero-order chi connectivity index (χ0) is 46.2. The van der Waals surface area contributed by atoms with Gasteiger partial charge in [0.2, 0.25) is 11.2 Å². The maximum atomic E-state index is 13.0. The first-order chi connectivity index (χ1) is 30.0. The summed E-state index contributed by atoms with van der Waals surface area (Å²) in [6.45, 7) is 2.33. The van der Waals surface area contributed by atoms with E-state index in [9.17, 15) is 44.7 Å². The number of benzene rings is 2. The van der Waals surface area contributed by atoms with Crippen molar-refractivity contribution in [3.05, 3.63) is 76.3 Å². The number of anilines is 5. The van der Waals surface area contributed by atoms with Crippen LogP contribution in [0.4, 0.5) is 64.1 Å². The molecule has 2 fully saturated rings. The number of aromatic nitrogens is 4. The van der Waals surface area contributed by atoms with E-state index in [0.29, 0.717) is 87.6 Å². The molecule has 16 nitrogen and oxygen atoms in total. The second-order valence-corrected chi connectivity index (χ2v) is 13.2. The van der Waals surface area contributed by atoms with Crippen molar-refractivity contribution < 1.29 is 63.7 Å². The summed E-state index contributed by atoms with van der Waals surface area (Å²) in [5.41, 5.74) is 5.25. The zero-order valence-electron chi connectivity index (χ0n) is 33.7. The molecule has 5 N–H and O–H groups in total. The van der Waals surface area contributed by atoms with Crippen LogP contribution in [-0.2, 0) is 21.8 Å². The van der Waals surface area contributed by atoms with Crippen LogP contribution < -0.4 is 31.2 Å². The van der Waals surface area contributed by atoms with Gasteiger partial charge in [0.1, 0.15) is 60.8 Å². The van der Waals surface area contributed by atoms with E-state index in [4.69, 9.17) is 36.3 Å². The van der Waals surface area contributed by atoms with Gasteiger partial charge in [-0.25, -0.2) is 23.7 Å². The molecule has 4 heterocycles. The molecule has 63 heavy (non-hydrogen) atoms. The van der Waals surface area contributed by atoms with Crippen molar-refractivity contribution in [3.63, 3.8) is 0 Å². The molecule has 0 saturated carbocycles. The van der Waals surface area contributed by atoms with Crippen LogP contribution in [-0.4, -0.2) is 135 Å². The van der Waals surface area contributed by atoms with E-state index in [1.54, 1.807) is 28.0 Å². The number of hydrogen-bond donors (Lipinski definition) is 4. The van der Waals surface area contributed by atoms with Crippen LogP contribution in [0, 0.1) is 0 Å². The molecule has 2 aliphatic rings. The van der Waals surface area contributed by atoms with Crippen LogP contribution in [0.25, 0.3) is 0 Å². The molecule has 0 radical (unpaired) electrons. The summed E-state index contributed by atoms with van der Waals surface area (Å²) in [4.78, 5) is 42.4. The Balaban J connectivity index is 0.000000230. The SMILES string of the molecule is CNc1nc(Cl)ncc1C(F)(F)F.CNc1nc(Nc2ccc(C(=O)N3CCOCC3)cc2OCCF)ncc1C(F)(F)F.Nc1ccc(C(=O)N2CCOCC2)cc1OCCF. The molecule has 2 amide bonds. The normalized spacial score (nSPS) is 14.0. The van der Waals surface area contributed by atoms with E-state index in [2.05, 4.69) is 35.9 Å². The lowest BCUT2D eigenvalue weighted by Crippen LogP contribution is -2.40.